The van der Waals surface area contributed by atoms with Gasteiger partial charge in [0.1, 0.15) is 0 Å². The molecule has 0 spiro atoms. The molecule has 1 heterocycles. The van der Waals surface area contributed by atoms with E-state index >= 15 is 0 Å². The molecule has 0 aromatic carbocycles. The molecule has 2 rings (SSSR count). The third kappa shape index (κ3) is 3.30. The first-order chi connectivity index (χ1) is 8.16. The summed E-state index contributed by atoms with van der Waals surface area (Å²) in [6, 6.07) is 2.90. The van der Waals surface area contributed by atoms with Crippen LogP contribution >= 0.6 is 11.3 Å². The molecule has 2 atom stereocenters. The molecule has 1 aliphatic rings. The number of aliphatic carboxylic acids is 1. The SMILES string of the molecule is CC(CCC(=O)O)NC1CCCc2sccc21. The Balaban J connectivity index is 1.90. The number of thiophene rings is 1. The average molecular weight is 253 g/mol. The second-order valence-corrected chi connectivity index (χ2v) is 5.74. The van der Waals surface area contributed by atoms with Crippen LogP contribution in [0.5, 0.6) is 0 Å². The fourth-order valence-electron chi connectivity index (χ4n) is 2.43. The van der Waals surface area contributed by atoms with Gasteiger partial charge in [0.15, 0.2) is 0 Å². The highest BCUT2D eigenvalue weighted by Gasteiger charge is 2.22. The maximum atomic E-state index is 10.5. The summed E-state index contributed by atoms with van der Waals surface area (Å²) < 4.78 is 0. The summed E-state index contributed by atoms with van der Waals surface area (Å²) in [5.74, 6) is -0.710. The average Bonchev–Trinajstić information content (AvgIpc) is 2.75. The number of hydrogen-bond donors (Lipinski definition) is 2. The van der Waals surface area contributed by atoms with Gasteiger partial charge in [0.05, 0.1) is 0 Å². The third-order valence-electron chi connectivity index (χ3n) is 3.33. The number of fused-ring (bicyclic) bond motifs is 1. The molecule has 0 aliphatic heterocycles. The van der Waals surface area contributed by atoms with Crippen LogP contribution in [-0.2, 0) is 11.2 Å². The summed E-state index contributed by atoms with van der Waals surface area (Å²) in [7, 11) is 0. The normalized spacial score (nSPS) is 20.9. The van der Waals surface area contributed by atoms with E-state index < -0.39 is 5.97 Å². The molecule has 0 fully saturated rings. The second kappa shape index (κ2) is 5.65. The smallest absolute Gasteiger partial charge is 0.303 e. The Labute approximate surface area is 106 Å². The van der Waals surface area contributed by atoms with E-state index in [0.717, 1.165) is 0 Å². The number of hydrogen-bond acceptors (Lipinski definition) is 3. The largest absolute Gasteiger partial charge is 0.481 e. The van der Waals surface area contributed by atoms with Gasteiger partial charge >= 0.3 is 5.97 Å². The first-order valence-corrected chi connectivity index (χ1v) is 7.09. The van der Waals surface area contributed by atoms with E-state index in [1.165, 1.54) is 29.7 Å². The molecule has 1 aromatic heterocycles. The molecule has 94 valence electrons. The topological polar surface area (TPSA) is 49.3 Å². The molecule has 17 heavy (non-hydrogen) atoms. The molecule has 2 N–H and O–H groups in total. The fraction of sp³-hybridized carbons (Fsp3) is 0.615. The molecule has 0 saturated carbocycles. The number of aryl methyl sites for hydroxylation is 1. The Hall–Kier alpha value is -0.870. The van der Waals surface area contributed by atoms with Crippen molar-refractivity contribution in [2.75, 3.05) is 0 Å². The standard InChI is InChI=1S/C13H19NO2S/c1-9(5-6-13(15)16)14-11-3-2-4-12-10(11)7-8-17-12/h7-9,11,14H,2-6H2,1H3,(H,15,16). The van der Waals surface area contributed by atoms with E-state index in [1.54, 1.807) is 0 Å². The Morgan fingerprint density at radius 3 is 3.29 bits per heavy atom. The van der Waals surface area contributed by atoms with Gasteiger partial charge in [0.25, 0.3) is 0 Å². The lowest BCUT2D eigenvalue weighted by atomic mass is 9.93. The number of rotatable bonds is 5. The number of carboxylic acids is 1. The minimum atomic E-state index is -0.710. The molecule has 2 unspecified atom stereocenters. The van der Waals surface area contributed by atoms with Crippen molar-refractivity contribution < 1.29 is 9.90 Å². The summed E-state index contributed by atoms with van der Waals surface area (Å²) in [5.41, 5.74) is 1.43. The summed E-state index contributed by atoms with van der Waals surface area (Å²) >= 11 is 1.84. The van der Waals surface area contributed by atoms with Crippen LogP contribution in [0, 0.1) is 0 Å². The Bertz CT molecular complexity index is 389. The summed E-state index contributed by atoms with van der Waals surface area (Å²) in [6.07, 6.45) is 4.55. The van der Waals surface area contributed by atoms with Crippen LogP contribution in [-0.4, -0.2) is 17.1 Å². The molecule has 1 aliphatic carbocycles. The molecule has 0 radical (unpaired) electrons. The number of carboxylic acid groups (broad SMARTS) is 1. The van der Waals surface area contributed by atoms with Crippen LogP contribution in [0.4, 0.5) is 0 Å². The lowest BCUT2D eigenvalue weighted by Crippen LogP contribution is -2.32. The lowest BCUT2D eigenvalue weighted by Gasteiger charge is -2.27. The zero-order chi connectivity index (χ0) is 12.3. The minimum absolute atomic E-state index is 0.247. The molecule has 1 aromatic rings. The van der Waals surface area contributed by atoms with E-state index in [0.29, 0.717) is 12.5 Å². The lowest BCUT2D eigenvalue weighted by molar-refractivity contribution is -0.137. The van der Waals surface area contributed by atoms with Gasteiger partial charge in [0, 0.05) is 23.4 Å². The predicted molar refractivity (Wildman–Crippen MR) is 69.5 cm³/mol. The van der Waals surface area contributed by atoms with Gasteiger partial charge < -0.3 is 10.4 Å². The summed E-state index contributed by atoms with van der Waals surface area (Å²) in [4.78, 5) is 12.0. The van der Waals surface area contributed by atoms with E-state index in [1.807, 2.05) is 11.3 Å². The van der Waals surface area contributed by atoms with Crippen LogP contribution in [0.15, 0.2) is 11.4 Å². The van der Waals surface area contributed by atoms with Crippen molar-refractivity contribution in [3.63, 3.8) is 0 Å². The van der Waals surface area contributed by atoms with Crippen LogP contribution in [0.1, 0.15) is 49.1 Å². The van der Waals surface area contributed by atoms with Gasteiger partial charge in [-0.2, -0.15) is 0 Å². The zero-order valence-corrected chi connectivity index (χ0v) is 10.9. The van der Waals surface area contributed by atoms with E-state index in [2.05, 4.69) is 23.7 Å². The van der Waals surface area contributed by atoms with Crippen LogP contribution in [0.3, 0.4) is 0 Å². The van der Waals surface area contributed by atoms with Crippen molar-refractivity contribution in [3.05, 3.63) is 21.9 Å². The van der Waals surface area contributed by atoms with E-state index in [-0.39, 0.29) is 12.5 Å². The van der Waals surface area contributed by atoms with Gasteiger partial charge in [0.2, 0.25) is 0 Å². The molecule has 0 saturated heterocycles. The van der Waals surface area contributed by atoms with Crippen LogP contribution in [0.2, 0.25) is 0 Å². The molecular formula is C13H19NO2S. The van der Waals surface area contributed by atoms with Crippen molar-refractivity contribution in [1.29, 1.82) is 0 Å². The van der Waals surface area contributed by atoms with Crippen molar-refractivity contribution in [2.24, 2.45) is 0 Å². The molecule has 0 bridgehead atoms. The van der Waals surface area contributed by atoms with Crippen LogP contribution in [0.25, 0.3) is 0 Å². The maximum absolute atomic E-state index is 10.5. The zero-order valence-electron chi connectivity index (χ0n) is 10.1. The summed E-state index contributed by atoms with van der Waals surface area (Å²) in [6.45, 7) is 2.07. The number of nitrogens with one attached hydrogen (secondary N) is 1. The minimum Gasteiger partial charge on any atom is -0.481 e. The van der Waals surface area contributed by atoms with Crippen molar-refractivity contribution in [2.45, 2.75) is 51.1 Å². The second-order valence-electron chi connectivity index (χ2n) is 4.74. The van der Waals surface area contributed by atoms with Crippen molar-refractivity contribution in [3.8, 4) is 0 Å². The van der Waals surface area contributed by atoms with E-state index in [9.17, 15) is 4.79 Å². The van der Waals surface area contributed by atoms with Gasteiger partial charge in [-0.25, -0.2) is 0 Å². The highest BCUT2D eigenvalue weighted by Crippen LogP contribution is 2.33. The van der Waals surface area contributed by atoms with Gasteiger partial charge in [-0.05, 0) is 49.6 Å². The van der Waals surface area contributed by atoms with Crippen molar-refractivity contribution in [1.82, 2.24) is 5.32 Å². The molecule has 0 amide bonds. The first-order valence-electron chi connectivity index (χ1n) is 6.21. The predicted octanol–water partition coefficient (Wildman–Crippen LogP) is 2.97. The van der Waals surface area contributed by atoms with Crippen molar-refractivity contribution >= 4 is 17.3 Å². The Kier molecular flexibility index (Phi) is 4.18. The summed E-state index contributed by atoms with van der Waals surface area (Å²) in [5, 5.41) is 14.4. The molecule has 4 heteroatoms. The highest BCUT2D eigenvalue weighted by molar-refractivity contribution is 7.10. The Morgan fingerprint density at radius 2 is 2.53 bits per heavy atom. The molecular weight excluding hydrogens is 234 g/mol. The monoisotopic (exact) mass is 253 g/mol. The first kappa shape index (κ1) is 12.6. The van der Waals surface area contributed by atoms with Gasteiger partial charge in [-0.15, -0.1) is 11.3 Å². The van der Waals surface area contributed by atoms with Crippen LogP contribution < -0.4 is 5.32 Å². The van der Waals surface area contributed by atoms with Gasteiger partial charge in [-0.1, -0.05) is 0 Å². The maximum Gasteiger partial charge on any atom is 0.303 e. The number of carbonyl (C=O) groups is 1. The third-order valence-corrected chi connectivity index (χ3v) is 4.33. The van der Waals surface area contributed by atoms with E-state index in [4.69, 9.17) is 5.11 Å². The fourth-order valence-corrected chi connectivity index (χ4v) is 3.41. The molecule has 3 nitrogen and oxygen atoms in total. The van der Waals surface area contributed by atoms with Gasteiger partial charge in [-0.3, -0.25) is 4.79 Å². The highest BCUT2D eigenvalue weighted by atomic mass is 32.1. The quantitative estimate of drug-likeness (QED) is 0.848. The Morgan fingerprint density at radius 1 is 1.71 bits per heavy atom.